The van der Waals surface area contributed by atoms with Gasteiger partial charge >= 0.3 is 0 Å². The smallest absolute Gasteiger partial charge is 0.145 e. The van der Waals surface area contributed by atoms with Gasteiger partial charge < -0.3 is 31.1 Å². The lowest BCUT2D eigenvalue weighted by atomic mass is 9.83. The molecule has 9 nitrogen and oxygen atoms in total. The topological polar surface area (TPSA) is 139 Å². The number of anilines is 3. The van der Waals surface area contributed by atoms with Crippen molar-refractivity contribution in [2.75, 3.05) is 29.5 Å². The highest BCUT2D eigenvalue weighted by molar-refractivity contribution is 6.36. The molecule has 6 N–H and O–H groups in total. The third kappa shape index (κ3) is 2.97. The summed E-state index contributed by atoms with van der Waals surface area (Å²) in [6, 6.07) is 9.84. The molecular weight excluding hydrogens is 417 g/mol. The lowest BCUT2D eigenvalue weighted by molar-refractivity contribution is -0.0204. The minimum absolute atomic E-state index is 0.284. The van der Waals surface area contributed by atoms with E-state index in [0.29, 0.717) is 30.2 Å². The van der Waals surface area contributed by atoms with Gasteiger partial charge in [0.05, 0.1) is 23.0 Å². The van der Waals surface area contributed by atoms with E-state index in [9.17, 15) is 10.2 Å². The molecule has 0 unspecified atom stereocenters. The molecule has 4 atom stereocenters. The Balaban J connectivity index is 1.30. The first-order valence-electron chi connectivity index (χ1n) is 11.2. The molecule has 33 heavy (non-hydrogen) atoms. The van der Waals surface area contributed by atoms with Crippen LogP contribution in [-0.4, -0.2) is 62.9 Å². The Bertz CT molecular complexity index is 1390. The van der Waals surface area contributed by atoms with Gasteiger partial charge in [0.15, 0.2) is 0 Å². The van der Waals surface area contributed by atoms with Crippen LogP contribution in [0.25, 0.3) is 21.9 Å². The zero-order valence-electron chi connectivity index (χ0n) is 18.4. The Hall–Kier alpha value is -3.37. The SMILES string of the molecule is Bc1cc2ccc(N3CC[C@@]4(C[C@@H](n5ccc6c(N)ncnc65)[C@H](O)[C@@H]4O)C3)cc2nc1N. The second-order valence-corrected chi connectivity index (χ2v) is 9.53. The van der Waals surface area contributed by atoms with Crippen LogP contribution in [0, 0.1) is 5.41 Å². The van der Waals surface area contributed by atoms with E-state index >= 15 is 0 Å². The third-order valence-electron chi connectivity index (χ3n) is 7.64. The van der Waals surface area contributed by atoms with E-state index < -0.39 is 17.6 Å². The zero-order chi connectivity index (χ0) is 22.9. The van der Waals surface area contributed by atoms with Gasteiger partial charge in [0, 0.05) is 30.4 Å². The van der Waals surface area contributed by atoms with Gasteiger partial charge in [-0.25, -0.2) is 15.0 Å². The van der Waals surface area contributed by atoms with Crippen molar-refractivity contribution in [1.82, 2.24) is 19.5 Å². The summed E-state index contributed by atoms with van der Waals surface area (Å²) in [5.41, 5.74) is 15.2. The summed E-state index contributed by atoms with van der Waals surface area (Å²) in [6.45, 7) is 1.45. The first-order chi connectivity index (χ1) is 15.9. The van der Waals surface area contributed by atoms with Crippen LogP contribution in [0.15, 0.2) is 42.9 Å². The average Bonchev–Trinajstić information content (AvgIpc) is 3.48. The number of pyridine rings is 1. The summed E-state index contributed by atoms with van der Waals surface area (Å²) in [5.74, 6) is 0.951. The average molecular weight is 443 g/mol. The Morgan fingerprint density at radius 2 is 1.94 bits per heavy atom. The number of rotatable bonds is 2. The molecule has 2 aliphatic rings. The van der Waals surface area contributed by atoms with Gasteiger partial charge in [-0.15, -0.1) is 0 Å². The Labute approximate surface area is 191 Å². The van der Waals surface area contributed by atoms with E-state index in [2.05, 4.69) is 38.1 Å². The molecule has 4 heterocycles. The second-order valence-electron chi connectivity index (χ2n) is 9.53. The van der Waals surface area contributed by atoms with Crippen LogP contribution in [0.4, 0.5) is 17.3 Å². The molecular formula is C23H26BN7O2. The predicted molar refractivity (Wildman–Crippen MR) is 131 cm³/mol. The highest BCUT2D eigenvalue weighted by atomic mass is 16.3. The molecule has 4 aromatic rings. The Kier molecular flexibility index (Phi) is 4.34. The Morgan fingerprint density at radius 3 is 2.79 bits per heavy atom. The molecule has 3 aromatic heterocycles. The normalized spacial score (nSPS) is 27.3. The van der Waals surface area contributed by atoms with Gasteiger partial charge in [0.1, 0.15) is 37.6 Å². The maximum Gasteiger partial charge on any atom is 0.145 e. The van der Waals surface area contributed by atoms with Crippen LogP contribution in [-0.2, 0) is 0 Å². The van der Waals surface area contributed by atoms with E-state index in [4.69, 9.17) is 11.5 Å². The molecule has 0 amide bonds. The minimum atomic E-state index is -0.891. The quantitative estimate of drug-likeness (QED) is 0.317. The van der Waals surface area contributed by atoms with Crippen molar-refractivity contribution in [2.45, 2.75) is 31.1 Å². The van der Waals surface area contributed by atoms with E-state index in [-0.39, 0.29) is 6.04 Å². The fraction of sp³-hybridized carbons (Fsp3) is 0.348. The summed E-state index contributed by atoms with van der Waals surface area (Å²) in [4.78, 5) is 15.2. The van der Waals surface area contributed by atoms with Crippen LogP contribution >= 0.6 is 0 Å². The first-order valence-corrected chi connectivity index (χ1v) is 11.2. The van der Waals surface area contributed by atoms with Crippen LogP contribution < -0.4 is 21.8 Å². The van der Waals surface area contributed by atoms with Gasteiger partial charge in [-0.05, 0) is 41.9 Å². The fourth-order valence-electron chi connectivity index (χ4n) is 5.75. The summed E-state index contributed by atoms with van der Waals surface area (Å²) < 4.78 is 1.93. The highest BCUT2D eigenvalue weighted by Gasteiger charge is 2.56. The maximum atomic E-state index is 11.2. The van der Waals surface area contributed by atoms with Crippen molar-refractivity contribution < 1.29 is 10.2 Å². The summed E-state index contributed by atoms with van der Waals surface area (Å²) in [6.07, 6.45) is 3.03. The van der Waals surface area contributed by atoms with E-state index in [1.165, 1.54) is 6.33 Å². The summed E-state index contributed by atoms with van der Waals surface area (Å²) >= 11 is 0. The number of benzene rings is 1. The molecule has 6 rings (SSSR count). The number of hydrogen-bond acceptors (Lipinski definition) is 8. The number of aliphatic hydroxyl groups is 2. The van der Waals surface area contributed by atoms with Crippen LogP contribution in [0.5, 0.6) is 0 Å². The summed E-state index contributed by atoms with van der Waals surface area (Å²) in [5, 5.41) is 24.0. The van der Waals surface area contributed by atoms with Gasteiger partial charge in [-0.1, -0.05) is 12.1 Å². The van der Waals surface area contributed by atoms with Crippen molar-refractivity contribution in [3.05, 3.63) is 42.9 Å². The van der Waals surface area contributed by atoms with E-state index in [1.807, 2.05) is 30.7 Å². The van der Waals surface area contributed by atoms with Crippen molar-refractivity contribution >= 4 is 52.6 Å². The van der Waals surface area contributed by atoms with Crippen LogP contribution in [0.1, 0.15) is 18.9 Å². The van der Waals surface area contributed by atoms with Crippen LogP contribution in [0.3, 0.4) is 0 Å². The Morgan fingerprint density at radius 1 is 1.09 bits per heavy atom. The van der Waals surface area contributed by atoms with E-state index in [0.717, 1.165) is 40.4 Å². The molecule has 1 aliphatic heterocycles. The molecule has 1 aliphatic carbocycles. The largest absolute Gasteiger partial charge is 0.390 e. The highest BCUT2D eigenvalue weighted by Crippen LogP contribution is 2.51. The van der Waals surface area contributed by atoms with Gasteiger partial charge in [-0.3, -0.25) is 0 Å². The number of hydrogen-bond donors (Lipinski definition) is 4. The van der Waals surface area contributed by atoms with Crippen molar-refractivity contribution in [3.8, 4) is 0 Å². The lowest BCUT2D eigenvalue weighted by Gasteiger charge is -2.29. The molecule has 1 saturated carbocycles. The minimum Gasteiger partial charge on any atom is -0.390 e. The summed E-state index contributed by atoms with van der Waals surface area (Å²) in [7, 11) is 1.96. The first kappa shape index (κ1) is 20.3. The van der Waals surface area contributed by atoms with Crippen molar-refractivity contribution in [2.24, 2.45) is 5.41 Å². The number of aromatic nitrogens is 4. The molecule has 1 aromatic carbocycles. The number of nitrogens with zero attached hydrogens (tertiary/aromatic N) is 5. The van der Waals surface area contributed by atoms with Gasteiger partial charge in [-0.2, -0.15) is 0 Å². The number of aliphatic hydroxyl groups excluding tert-OH is 2. The maximum absolute atomic E-state index is 11.2. The van der Waals surface area contributed by atoms with Crippen molar-refractivity contribution in [1.29, 1.82) is 0 Å². The zero-order valence-corrected chi connectivity index (χ0v) is 18.4. The fourth-order valence-corrected chi connectivity index (χ4v) is 5.75. The molecule has 10 heteroatoms. The number of nitrogen functional groups attached to an aromatic ring is 2. The third-order valence-corrected chi connectivity index (χ3v) is 7.64. The van der Waals surface area contributed by atoms with Gasteiger partial charge in [0.2, 0.25) is 0 Å². The molecule has 0 radical (unpaired) electrons. The lowest BCUT2D eigenvalue weighted by Crippen LogP contribution is -2.38. The monoisotopic (exact) mass is 443 g/mol. The van der Waals surface area contributed by atoms with Gasteiger partial charge in [0.25, 0.3) is 0 Å². The molecule has 2 fully saturated rings. The molecule has 0 bridgehead atoms. The second kappa shape index (κ2) is 7.07. The molecule has 1 spiro atoms. The molecule has 1 saturated heterocycles. The number of nitrogens with two attached hydrogens (primary N) is 2. The predicted octanol–water partition coefficient (Wildman–Crippen LogP) is -0.0344. The van der Waals surface area contributed by atoms with E-state index in [1.54, 1.807) is 0 Å². The molecule has 168 valence electrons. The van der Waals surface area contributed by atoms with Crippen molar-refractivity contribution in [3.63, 3.8) is 0 Å². The van der Waals surface area contributed by atoms with Crippen LogP contribution in [0.2, 0.25) is 0 Å². The standard InChI is InChI=1S/C23H26BN7O2/c24-15-7-12-1-2-13(8-16(12)29-21(15)26)30-6-4-23(10-30)9-17(18(32)19(23)33)31-5-3-14-20(25)27-11-28-22(14)31/h1-3,5,7-8,11,17-19,32-33H,4,6,9-10,24H2,(H2,26,29)(H2,25,27,28)/t17-,18+,19+,23-/m1/s1. The number of fused-ring (bicyclic) bond motifs is 2.